The maximum atomic E-state index is 12.3. The minimum Gasteiger partial charge on any atom is -0.359 e. The normalized spacial score (nSPS) is 14.5. The van der Waals surface area contributed by atoms with Gasteiger partial charge in [-0.3, -0.25) is 9.36 Å². The first-order valence-corrected chi connectivity index (χ1v) is 9.86. The molecule has 1 aliphatic rings. The van der Waals surface area contributed by atoms with Crippen molar-refractivity contribution in [2.24, 2.45) is 0 Å². The van der Waals surface area contributed by atoms with Crippen LogP contribution in [0.3, 0.4) is 0 Å². The number of anilines is 1. The first kappa shape index (κ1) is 16.9. The molecule has 1 N–H and O–H groups in total. The van der Waals surface area contributed by atoms with E-state index < -0.39 is 0 Å². The zero-order valence-corrected chi connectivity index (χ0v) is 15.3. The van der Waals surface area contributed by atoms with Gasteiger partial charge in [0.25, 0.3) is 0 Å². The van der Waals surface area contributed by atoms with Gasteiger partial charge in [0.2, 0.25) is 5.95 Å². The molecular formula is C19H21N5OS. The Morgan fingerprint density at radius 1 is 1.04 bits per heavy atom. The zero-order valence-electron chi connectivity index (χ0n) is 14.5. The van der Waals surface area contributed by atoms with E-state index in [1.165, 1.54) is 31.0 Å². The Morgan fingerprint density at radius 3 is 2.58 bits per heavy atom. The molecule has 0 aliphatic carbocycles. The molecule has 0 amide bonds. The lowest BCUT2D eigenvalue weighted by atomic mass is 10.1. The van der Waals surface area contributed by atoms with Crippen LogP contribution in [-0.4, -0.2) is 44.4 Å². The molecule has 1 fully saturated rings. The van der Waals surface area contributed by atoms with Crippen LogP contribution in [-0.2, 0) is 0 Å². The number of ketones is 1. The van der Waals surface area contributed by atoms with E-state index in [-0.39, 0.29) is 5.78 Å². The molecule has 3 aromatic rings. The largest absolute Gasteiger partial charge is 0.359 e. The van der Waals surface area contributed by atoms with Crippen LogP contribution < -0.4 is 4.90 Å². The number of nitrogens with zero attached hydrogens (tertiary/aromatic N) is 4. The van der Waals surface area contributed by atoms with E-state index in [4.69, 9.17) is 0 Å². The van der Waals surface area contributed by atoms with E-state index in [0.29, 0.717) is 11.4 Å². The zero-order chi connectivity index (χ0) is 17.8. The second-order valence-electron chi connectivity index (χ2n) is 6.30. The molecule has 1 aliphatic heterocycles. The fourth-order valence-electron chi connectivity index (χ4n) is 3.17. The number of carbonyl (C=O) groups excluding carboxylic acids is 1. The number of thioether (sulfide) groups is 1. The molecule has 0 bridgehead atoms. The van der Waals surface area contributed by atoms with Gasteiger partial charge in [0, 0.05) is 19.3 Å². The van der Waals surface area contributed by atoms with E-state index >= 15 is 0 Å². The highest BCUT2D eigenvalue weighted by Crippen LogP contribution is 2.28. The SMILES string of the molecule is O=C(CSc1nnc(N2CCCCC2)n1-c1ccccc1)c1ccc[nH]1. The number of H-pyrrole nitrogens is 1. The summed E-state index contributed by atoms with van der Waals surface area (Å²) in [4.78, 5) is 17.6. The van der Waals surface area contributed by atoms with E-state index in [2.05, 4.69) is 24.6 Å². The van der Waals surface area contributed by atoms with E-state index in [1.54, 1.807) is 12.3 Å². The van der Waals surface area contributed by atoms with Crippen LogP contribution in [0.1, 0.15) is 29.8 Å². The third-order valence-corrected chi connectivity index (χ3v) is 5.43. The maximum absolute atomic E-state index is 12.3. The van der Waals surface area contributed by atoms with Gasteiger partial charge in [0.15, 0.2) is 10.9 Å². The fraction of sp³-hybridized carbons (Fsp3) is 0.316. The van der Waals surface area contributed by atoms with Gasteiger partial charge >= 0.3 is 0 Å². The van der Waals surface area contributed by atoms with Crippen LogP contribution in [0, 0.1) is 0 Å². The number of para-hydroxylation sites is 1. The highest BCUT2D eigenvalue weighted by Gasteiger charge is 2.22. The average Bonchev–Trinajstić information content (AvgIpc) is 3.37. The molecule has 2 aromatic heterocycles. The van der Waals surface area contributed by atoms with Crippen LogP contribution in [0.2, 0.25) is 0 Å². The van der Waals surface area contributed by atoms with E-state index in [9.17, 15) is 4.79 Å². The van der Waals surface area contributed by atoms with Crippen LogP contribution in [0.5, 0.6) is 0 Å². The Balaban J connectivity index is 1.61. The summed E-state index contributed by atoms with van der Waals surface area (Å²) in [5, 5.41) is 9.60. The van der Waals surface area contributed by atoms with Gasteiger partial charge < -0.3 is 9.88 Å². The second-order valence-corrected chi connectivity index (χ2v) is 7.24. The van der Waals surface area contributed by atoms with Gasteiger partial charge in [0.1, 0.15) is 0 Å². The Labute approximate surface area is 156 Å². The number of nitrogens with one attached hydrogen (secondary N) is 1. The topological polar surface area (TPSA) is 66.8 Å². The van der Waals surface area contributed by atoms with Crippen molar-refractivity contribution in [1.82, 2.24) is 19.7 Å². The number of Topliss-reactive ketones (excluding diaryl/α,β-unsaturated/α-hetero) is 1. The van der Waals surface area contributed by atoms with Crippen molar-refractivity contribution in [3.8, 4) is 5.69 Å². The fourth-order valence-corrected chi connectivity index (χ4v) is 4.00. The third-order valence-electron chi connectivity index (χ3n) is 4.50. The first-order chi connectivity index (χ1) is 12.8. The lowest BCUT2D eigenvalue weighted by molar-refractivity contribution is 0.101. The Morgan fingerprint density at radius 2 is 1.85 bits per heavy atom. The lowest BCUT2D eigenvalue weighted by Crippen LogP contribution is -2.31. The average molecular weight is 367 g/mol. The molecule has 3 heterocycles. The summed E-state index contributed by atoms with van der Waals surface area (Å²) in [6.07, 6.45) is 5.38. The molecule has 4 rings (SSSR count). The summed E-state index contributed by atoms with van der Waals surface area (Å²) in [5.74, 6) is 1.25. The van der Waals surface area contributed by atoms with Crippen molar-refractivity contribution in [2.75, 3.05) is 23.7 Å². The van der Waals surface area contributed by atoms with Gasteiger partial charge in [-0.15, -0.1) is 10.2 Å². The number of piperidine rings is 1. The van der Waals surface area contributed by atoms with Gasteiger partial charge in [-0.1, -0.05) is 30.0 Å². The molecule has 1 saturated heterocycles. The number of aromatic amines is 1. The highest BCUT2D eigenvalue weighted by atomic mass is 32.2. The van der Waals surface area contributed by atoms with Crippen molar-refractivity contribution >= 4 is 23.5 Å². The Kier molecular flexibility index (Phi) is 5.06. The summed E-state index contributed by atoms with van der Waals surface area (Å²) >= 11 is 1.43. The lowest BCUT2D eigenvalue weighted by Gasteiger charge is -2.27. The molecule has 6 nitrogen and oxygen atoms in total. The first-order valence-electron chi connectivity index (χ1n) is 8.88. The Bertz CT molecular complexity index is 853. The number of aromatic nitrogens is 4. The predicted octanol–water partition coefficient (Wildman–Crippen LogP) is 3.56. The van der Waals surface area contributed by atoms with Gasteiger partial charge in [0.05, 0.1) is 17.1 Å². The molecule has 1 aromatic carbocycles. The summed E-state index contributed by atoms with van der Waals surface area (Å²) in [5.41, 5.74) is 1.65. The molecule has 7 heteroatoms. The summed E-state index contributed by atoms with van der Waals surface area (Å²) < 4.78 is 2.07. The molecule has 26 heavy (non-hydrogen) atoms. The quantitative estimate of drug-likeness (QED) is 0.533. The van der Waals surface area contributed by atoms with Crippen LogP contribution in [0.25, 0.3) is 5.69 Å². The Hall–Kier alpha value is -2.54. The van der Waals surface area contributed by atoms with Gasteiger partial charge in [-0.25, -0.2) is 0 Å². The molecule has 134 valence electrons. The van der Waals surface area contributed by atoms with Crippen molar-refractivity contribution in [2.45, 2.75) is 24.4 Å². The molecule has 0 atom stereocenters. The maximum Gasteiger partial charge on any atom is 0.232 e. The van der Waals surface area contributed by atoms with Crippen molar-refractivity contribution < 1.29 is 4.79 Å². The smallest absolute Gasteiger partial charge is 0.232 e. The van der Waals surface area contributed by atoms with Crippen molar-refractivity contribution in [3.63, 3.8) is 0 Å². The summed E-state index contributed by atoms with van der Waals surface area (Å²) in [6.45, 7) is 1.99. The monoisotopic (exact) mass is 367 g/mol. The molecule has 0 radical (unpaired) electrons. The van der Waals surface area contributed by atoms with Gasteiger partial charge in [-0.2, -0.15) is 0 Å². The number of hydrogen-bond acceptors (Lipinski definition) is 5. The third kappa shape index (κ3) is 3.53. The number of benzene rings is 1. The number of hydrogen-bond donors (Lipinski definition) is 1. The van der Waals surface area contributed by atoms with Crippen LogP contribution in [0.15, 0.2) is 53.8 Å². The van der Waals surface area contributed by atoms with E-state index in [1.807, 2.05) is 36.4 Å². The molecule has 0 saturated carbocycles. The minimum absolute atomic E-state index is 0.0575. The van der Waals surface area contributed by atoms with Gasteiger partial charge in [-0.05, 0) is 43.5 Å². The number of rotatable bonds is 6. The molecular weight excluding hydrogens is 346 g/mol. The summed E-state index contributed by atoms with van der Waals surface area (Å²) in [6, 6.07) is 13.7. The molecule has 0 spiro atoms. The van der Waals surface area contributed by atoms with Crippen molar-refractivity contribution in [1.29, 1.82) is 0 Å². The standard InChI is InChI=1S/C19H21N5OS/c25-17(16-10-7-11-20-16)14-26-19-22-21-18(23-12-5-2-6-13-23)24(19)15-8-3-1-4-9-15/h1,3-4,7-11,20H,2,5-6,12-14H2. The second kappa shape index (κ2) is 7.78. The number of carbonyl (C=O) groups is 1. The predicted molar refractivity (Wildman–Crippen MR) is 103 cm³/mol. The van der Waals surface area contributed by atoms with Crippen molar-refractivity contribution in [3.05, 3.63) is 54.4 Å². The minimum atomic E-state index is 0.0575. The van der Waals surface area contributed by atoms with Crippen LogP contribution in [0.4, 0.5) is 5.95 Å². The highest BCUT2D eigenvalue weighted by molar-refractivity contribution is 7.99. The van der Waals surface area contributed by atoms with Crippen LogP contribution >= 0.6 is 11.8 Å². The van der Waals surface area contributed by atoms with E-state index in [0.717, 1.165) is 29.9 Å². The summed E-state index contributed by atoms with van der Waals surface area (Å²) in [7, 11) is 0. The molecule has 0 unspecified atom stereocenters.